The van der Waals surface area contributed by atoms with Crippen molar-refractivity contribution in [1.29, 1.82) is 0 Å². The Morgan fingerprint density at radius 2 is 2.11 bits per heavy atom. The summed E-state index contributed by atoms with van der Waals surface area (Å²) in [6.07, 6.45) is 4.49. The van der Waals surface area contributed by atoms with Crippen LogP contribution in [0.5, 0.6) is 5.75 Å². The molecule has 142 valence electrons. The maximum absolute atomic E-state index is 5.59. The molecule has 27 heavy (non-hydrogen) atoms. The molecule has 1 spiro atoms. The van der Waals surface area contributed by atoms with Crippen LogP contribution in [0.3, 0.4) is 0 Å². The SMILES string of the molecule is COc1ccc(-c2nc(Cc3noc(C4CC45CCNC5)n3)co2)cc1.Cl. The Kier molecular flexibility index (Phi) is 4.65. The van der Waals surface area contributed by atoms with Crippen LogP contribution < -0.4 is 10.1 Å². The number of methoxy groups -OCH3 is 1. The number of hydrogen-bond donors (Lipinski definition) is 1. The minimum Gasteiger partial charge on any atom is -0.497 e. The average Bonchev–Trinajstić information content (AvgIpc) is 3.12. The third-order valence-electron chi connectivity index (χ3n) is 5.48. The van der Waals surface area contributed by atoms with E-state index < -0.39 is 0 Å². The van der Waals surface area contributed by atoms with Crippen LogP contribution in [0.15, 0.2) is 39.5 Å². The molecule has 2 aliphatic rings. The summed E-state index contributed by atoms with van der Waals surface area (Å²) in [5.74, 6) is 3.20. The monoisotopic (exact) mass is 388 g/mol. The fourth-order valence-electron chi connectivity index (χ4n) is 3.83. The standard InChI is InChI=1S/C19H20N4O3.ClH/c1-24-14-4-2-12(3-5-14)17-21-13(10-25-17)8-16-22-18(26-23-16)15-9-19(15)6-7-20-11-19;/h2-5,10,15,20H,6-9,11H2,1H3;1H. The first-order valence-electron chi connectivity index (χ1n) is 8.88. The molecular weight excluding hydrogens is 368 g/mol. The highest BCUT2D eigenvalue weighted by molar-refractivity contribution is 5.85. The third kappa shape index (κ3) is 3.33. The fourth-order valence-corrected chi connectivity index (χ4v) is 3.83. The lowest BCUT2D eigenvalue weighted by Gasteiger charge is -2.02. The molecule has 1 aliphatic carbocycles. The van der Waals surface area contributed by atoms with E-state index in [2.05, 4.69) is 20.4 Å². The molecule has 0 amide bonds. The van der Waals surface area contributed by atoms with E-state index in [0.717, 1.165) is 42.4 Å². The molecule has 8 heteroatoms. The van der Waals surface area contributed by atoms with Gasteiger partial charge in [-0.3, -0.25) is 0 Å². The van der Waals surface area contributed by atoms with Gasteiger partial charge >= 0.3 is 0 Å². The van der Waals surface area contributed by atoms with Crippen LogP contribution >= 0.6 is 12.4 Å². The highest BCUT2D eigenvalue weighted by Gasteiger charge is 2.58. The molecule has 0 bridgehead atoms. The van der Waals surface area contributed by atoms with E-state index in [0.29, 0.717) is 29.5 Å². The van der Waals surface area contributed by atoms with Crippen molar-refractivity contribution >= 4 is 12.4 Å². The molecule has 1 saturated carbocycles. The van der Waals surface area contributed by atoms with Crippen LogP contribution in [0.2, 0.25) is 0 Å². The quantitative estimate of drug-likeness (QED) is 0.718. The highest BCUT2D eigenvalue weighted by Crippen LogP contribution is 2.62. The Morgan fingerprint density at radius 1 is 1.26 bits per heavy atom. The zero-order chi connectivity index (χ0) is 17.6. The Hall–Kier alpha value is -2.38. The maximum Gasteiger partial charge on any atom is 0.230 e. The summed E-state index contributed by atoms with van der Waals surface area (Å²) in [5.41, 5.74) is 2.05. The molecule has 3 aromatic rings. The molecule has 5 rings (SSSR count). The lowest BCUT2D eigenvalue weighted by Crippen LogP contribution is -2.10. The highest BCUT2D eigenvalue weighted by atomic mass is 35.5. The number of ether oxygens (including phenoxy) is 1. The van der Waals surface area contributed by atoms with Gasteiger partial charge in [0.25, 0.3) is 0 Å². The molecule has 2 atom stereocenters. The summed E-state index contributed by atoms with van der Waals surface area (Å²) in [6.45, 7) is 2.15. The molecule has 2 fully saturated rings. The van der Waals surface area contributed by atoms with Crippen LogP contribution in [0.1, 0.15) is 36.2 Å². The smallest absolute Gasteiger partial charge is 0.230 e. The Balaban J connectivity index is 0.00000180. The minimum atomic E-state index is 0. The van der Waals surface area contributed by atoms with E-state index in [4.69, 9.17) is 13.7 Å². The lowest BCUT2D eigenvalue weighted by molar-refractivity contribution is 0.359. The van der Waals surface area contributed by atoms with Gasteiger partial charge in [-0.2, -0.15) is 4.98 Å². The third-order valence-corrected chi connectivity index (χ3v) is 5.48. The first-order valence-corrected chi connectivity index (χ1v) is 8.88. The predicted molar refractivity (Wildman–Crippen MR) is 100 cm³/mol. The Labute approximate surface area is 162 Å². The first kappa shape index (κ1) is 18.0. The van der Waals surface area contributed by atoms with Gasteiger partial charge in [-0.05, 0) is 49.1 Å². The van der Waals surface area contributed by atoms with Gasteiger partial charge in [-0.1, -0.05) is 5.16 Å². The van der Waals surface area contributed by atoms with E-state index in [1.54, 1.807) is 13.4 Å². The average molecular weight is 389 g/mol. The zero-order valence-corrected chi connectivity index (χ0v) is 15.8. The number of halogens is 1. The molecular formula is C19H21ClN4O3. The van der Waals surface area contributed by atoms with Gasteiger partial charge in [0, 0.05) is 18.0 Å². The van der Waals surface area contributed by atoms with Crippen molar-refractivity contribution in [3.8, 4) is 17.2 Å². The van der Waals surface area contributed by atoms with E-state index >= 15 is 0 Å². The second-order valence-electron chi connectivity index (χ2n) is 7.14. The summed E-state index contributed by atoms with van der Waals surface area (Å²) < 4.78 is 16.3. The van der Waals surface area contributed by atoms with Crippen molar-refractivity contribution in [2.45, 2.75) is 25.2 Å². The van der Waals surface area contributed by atoms with E-state index in [9.17, 15) is 0 Å². The summed E-state index contributed by atoms with van der Waals surface area (Å²) in [4.78, 5) is 9.12. The number of rotatable bonds is 5. The Morgan fingerprint density at radius 3 is 2.85 bits per heavy atom. The van der Waals surface area contributed by atoms with Crippen LogP contribution in [0.25, 0.3) is 11.5 Å². The number of nitrogens with zero attached hydrogens (tertiary/aromatic N) is 3. The summed E-state index contributed by atoms with van der Waals surface area (Å²) in [5, 5.41) is 7.55. The van der Waals surface area contributed by atoms with Gasteiger partial charge in [0.05, 0.1) is 19.2 Å². The zero-order valence-electron chi connectivity index (χ0n) is 15.0. The molecule has 1 N–H and O–H groups in total. The number of aromatic nitrogens is 3. The van der Waals surface area contributed by atoms with Crippen molar-refractivity contribution in [1.82, 2.24) is 20.4 Å². The van der Waals surface area contributed by atoms with Crippen molar-refractivity contribution in [3.05, 3.63) is 47.9 Å². The summed E-state index contributed by atoms with van der Waals surface area (Å²) >= 11 is 0. The summed E-state index contributed by atoms with van der Waals surface area (Å²) in [7, 11) is 1.64. The van der Waals surface area contributed by atoms with Gasteiger partial charge in [0.1, 0.15) is 12.0 Å². The molecule has 0 radical (unpaired) electrons. The second kappa shape index (κ2) is 6.98. The van der Waals surface area contributed by atoms with Crippen LogP contribution in [-0.4, -0.2) is 35.3 Å². The minimum absolute atomic E-state index is 0. The molecule has 7 nitrogen and oxygen atoms in total. The van der Waals surface area contributed by atoms with Crippen molar-refractivity contribution in [3.63, 3.8) is 0 Å². The molecule has 2 unspecified atom stereocenters. The molecule has 2 aromatic heterocycles. The first-order chi connectivity index (χ1) is 12.8. The molecule has 1 aliphatic heterocycles. The van der Waals surface area contributed by atoms with Crippen molar-refractivity contribution in [2.75, 3.05) is 20.2 Å². The lowest BCUT2D eigenvalue weighted by atomic mass is 10.0. The number of benzene rings is 1. The molecule has 3 heterocycles. The normalized spacial score (nSPS) is 23.4. The van der Waals surface area contributed by atoms with Gasteiger partial charge in [0.2, 0.25) is 11.8 Å². The van der Waals surface area contributed by atoms with Crippen LogP contribution in [-0.2, 0) is 6.42 Å². The van der Waals surface area contributed by atoms with Gasteiger partial charge in [-0.15, -0.1) is 12.4 Å². The Bertz CT molecular complexity index is 915. The van der Waals surface area contributed by atoms with Gasteiger partial charge in [0.15, 0.2) is 5.82 Å². The topological polar surface area (TPSA) is 86.2 Å². The van der Waals surface area contributed by atoms with Crippen LogP contribution in [0.4, 0.5) is 0 Å². The number of hydrogen-bond acceptors (Lipinski definition) is 7. The summed E-state index contributed by atoms with van der Waals surface area (Å²) in [6, 6.07) is 7.61. The van der Waals surface area contributed by atoms with Crippen molar-refractivity contribution in [2.24, 2.45) is 5.41 Å². The second-order valence-corrected chi connectivity index (χ2v) is 7.14. The fraction of sp³-hybridized carbons (Fsp3) is 0.421. The van der Waals surface area contributed by atoms with Gasteiger partial charge in [-0.25, -0.2) is 4.98 Å². The largest absolute Gasteiger partial charge is 0.497 e. The number of nitrogens with one attached hydrogen (secondary N) is 1. The molecule has 1 saturated heterocycles. The van der Waals surface area contributed by atoms with E-state index in [1.165, 1.54) is 6.42 Å². The predicted octanol–water partition coefficient (Wildman–Crippen LogP) is 3.21. The molecule has 1 aromatic carbocycles. The van der Waals surface area contributed by atoms with Crippen molar-refractivity contribution < 1.29 is 13.7 Å². The van der Waals surface area contributed by atoms with E-state index in [1.807, 2.05) is 24.3 Å². The number of oxazole rings is 1. The van der Waals surface area contributed by atoms with E-state index in [-0.39, 0.29) is 12.4 Å². The maximum atomic E-state index is 5.59. The van der Waals surface area contributed by atoms with Crippen LogP contribution in [0, 0.1) is 5.41 Å². The van der Waals surface area contributed by atoms with Gasteiger partial charge < -0.3 is 19.0 Å².